The third-order valence-corrected chi connectivity index (χ3v) is 2.09. The van der Waals surface area contributed by atoms with Crippen LogP contribution in [-0.2, 0) is 13.0 Å². The lowest BCUT2D eigenvalue weighted by molar-refractivity contribution is -0.697. The number of aromatic nitrogens is 1. The molecule has 0 aromatic carbocycles. The summed E-state index contributed by atoms with van der Waals surface area (Å²) in [5.74, 6) is 0. The summed E-state index contributed by atoms with van der Waals surface area (Å²) in [5, 5.41) is 8.78. The highest BCUT2D eigenvalue weighted by Crippen LogP contribution is 1.95. The highest BCUT2D eigenvalue weighted by molar-refractivity contribution is 5.05. The van der Waals surface area contributed by atoms with Crippen molar-refractivity contribution in [2.45, 2.75) is 32.7 Å². The second-order valence-electron chi connectivity index (χ2n) is 3.28. The fourth-order valence-corrected chi connectivity index (χ4v) is 1.33. The molecule has 0 bridgehead atoms. The van der Waals surface area contributed by atoms with Crippen molar-refractivity contribution in [2.24, 2.45) is 0 Å². The molecule has 0 aliphatic carbocycles. The van der Waals surface area contributed by atoms with Crippen LogP contribution in [-0.4, -0.2) is 11.7 Å². The zero-order chi connectivity index (χ0) is 9.52. The zero-order valence-electron chi connectivity index (χ0n) is 8.62. The molecule has 0 spiro atoms. The van der Waals surface area contributed by atoms with Crippen LogP contribution in [0.1, 0.15) is 25.3 Å². The number of halogens is 1. The predicted molar refractivity (Wildman–Crippen MR) is 52.3 cm³/mol. The lowest BCUT2D eigenvalue weighted by Gasteiger charge is -1.98. The zero-order valence-corrected chi connectivity index (χ0v) is 10.2. The van der Waals surface area contributed by atoms with E-state index in [1.165, 1.54) is 18.4 Å². The van der Waals surface area contributed by atoms with E-state index < -0.39 is 0 Å². The average molecular weight is 260 g/mol. The van der Waals surface area contributed by atoms with Crippen molar-refractivity contribution in [1.82, 2.24) is 0 Å². The van der Waals surface area contributed by atoms with Gasteiger partial charge >= 0.3 is 0 Å². The molecule has 0 saturated carbocycles. The first-order chi connectivity index (χ1) is 6.36. The molecule has 2 nitrogen and oxygen atoms in total. The summed E-state index contributed by atoms with van der Waals surface area (Å²) in [6.45, 7) is 3.51. The second-order valence-corrected chi connectivity index (χ2v) is 3.28. The summed E-state index contributed by atoms with van der Waals surface area (Å²) in [7, 11) is 0. The van der Waals surface area contributed by atoms with Gasteiger partial charge in [-0.1, -0.05) is 13.3 Å². The molecule has 0 unspecified atom stereocenters. The lowest BCUT2D eigenvalue weighted by atomic mass is 10.2. The Balaban J connectivity index is 0.00000169. The SMILES string of the molecule is CCCC[n+]1cccc(CCO)c1.[Br-]. The lowest BCUT2D eigenvalue weighted by Crippen LogP contribution is -3.00. The molecule has 1 aromatic rings. The molecule has 0 fully saturated rings. The van der Waals surface area contributed by atoms with Crippen LogP contribution in [0.25, 0.3) is 0 Å². The summed E-state index contributed by atoms with van der Waals surface area (Å²) >= 11 is 0. The van der Waals surface area contributed by atoms with Crippen LogP contribution in [0.3, 0.4) is 0 Å². The van der Waals surface area contributed by atoms with Crippen molar-refractivity contribution in [3.8, 4) is 0 Å². The standard InChI is InChI=1S/C11H18NO.BrH/c1-2-3-7-12-8-4-5-11(10-12)6-9-13;/h4-5,8,10,13H,2-3,6-7,9H2,1H3;1H/q+1;/p-1. The largest absolute Gasteiger partial charge is 1.00 e. The molecule has 0 aliphatic heterocycles. The van der Waals surface area contributed by atoms with E-state index in [0.29, 0.717) is 0 Å². The number of aliphatic hydroxyl groups excluding tert-OH is 1. The summed E-state index contributed by atoms with van der Waals surface area (Å²) in [5.41, 5.74) is 1.21. The van der Waals surface area contributed by atoms with E-state index in [4.69, 9.17) is 5.11 Å². The summed E-state index contributed by atoms with van der Waals surface area (Å²) in [4.78, 5) is 0. The van der Waals surface area contributed by atoms with Gasteiger partial charge in [0.2, 0.25) is 0 Å². The first-order valence-electron chi connectivity index (χ1n) is 4.95. The van der Waals surface area contributed by atoms with Gasteiger partial charge in [0.05, 0.1) is 0 Å². The van der Waals surface area contributed by atoms with Crippen LogP contribution in [0.4, 0.5) is 0 Å². The van der Waals surface area contributed by atoms with Gasteiger partial charge in [-0.05, 0) is 6.07 Å². The highest BCUT2D eigenvalue weighted by atomic mass is 79.9. The number of unbranched alkanes of at least 4 members (excludes halogenated alkanes) is 1. The summed E-state index contributed by atoms with van der Waals surface area (Å²) in [6.07, 6.45) is 7.39. The van der Waals surface area contributed by atoms with Gasteiger partial charge in [-0.25, -0.2) is 4.57 Å². The Kier molecular flexibility index (Phi) is 7.71. The molecule has 0 amide bonds. The maximum atomic E-state index is 8.78. The van der Waals surface area contributed by atoms with E-state index in [9.17, 15) is 0 Å². The molecular weight excluding hydrogens is 242 g/mol. The van der Waals surface area contributed by atoms with Gasteiger partial charge in [0.25, 0.3) is 0 Å². The minimum absolute atomic E-state index is 0. The minimum atomic E-state index is 0. The Hall–Kier alpha value is -0.410. The first-order valence-corrected chi connectivity index (χ1v) is 4.95. The number of hydrogen-bond donors (Lipinski definition) is 1. The van der Waals surface area contributed by atoms with E-state index in [1.54, 1.807) is 0 Å². The highest BCUT2D eigenvalue weighted by Gasteiger charge is 2.00. The summed E-state index contributed by atoms with van der Waals surface area (Å²) in [6, 6.07) is 4.10. The van der Waals surface area contributed by atoms with E-state index in [1.807, 2.05) is 6.07 Å². The molecule has 1 heterocycles. The number of rotatable bonds is 5. The number of hydrogen-bond acceptors (Lipinski definition) is 1. The van der Waals surface area contributed by atoms with Crippen molar-refractivity contribution >= 4 is 0 Å². The number of nitrogens with zero attached hydrogens (tertiary/aromatic N) is 1. The van der Waals surface area contributed by atoms with Crippen LogP contribution in [0.15, 0.2) is 24.5 Å². The predicted octanol–water partition coefficient (Wildman–Crippen LogP) is -1.69. The van der Waals surface area contributed by atoms with Gasteiger partial charge in [0.1, 0.15) is 6.54 Å². The molecular formula is C11H18BrNO. The molecule has 0 atom stereocenters. The maximum Gasteiger partial charge on any atom is 0.172 e. The van der Waals surface area contributed by atoms with Gasteiger partial charge in [-0.15, -0.1) is 0 Å². The number of aliphatic hydroxyl groups is 1. The molecule has 0 aliphatic rings. The van der Waals surface area contributed by atoms with Crippen LogP contribution in [0.2, 0.25) is 0 Å². The Morgan fingerprint density at radius 2 is 2.21 bits per heavy atom. The van der Waals surface area contributed by atoms with Gasteiger partial charge in [-0.2, -0.15) is 0 Å². The first kappa shape index (κ1) is 13.6. The van der Waals surface area contributed by atoms with E-state index in [-0.39, 0.29) is 23.6 Å². The molecule has 1 rings (SSSR count). The van der Waals surface area contributed by atoms with Crippen molar-refractivity contribution in [2.75, 3.05) is 6.61 Å². The van der Waals surface area contributed by atoms with Crippen molar-refractivity contribution in [3.05, 3.63) is 30.1 Å². The molecule has 1 N–H and O–H groups in total. The number of pyridine rings is 1. The van der Waals surface area contributed by atoms with E-state index >= 15 is 0 Å². The summed E-state index contributed by atoms with van der Waals surface area (Å²) < 4.78 is 2.19. The third kappa shape index (κ3) is 4.72. The Labute approximate surface area is 96.4 Å². The molecule has 0 saturated heterocycles. The molecule has 3 heteroatoms. The monoisotopic (exact) mass is 259 g/mol. The molecule has 0 radical (unpaired) electrons. The quantitative estimate of drug-likeness (QED) is 0.628. The van der Waals surface area contributed by atoms with Crippen LogP contribution >= 0.6 is 0 Å². The van der Waals surface area contributed by atoms with Crippen molar-refractivity contribution in [1.29, 1.82) is 0 Å². The van der Waals surface area contributed by atoms with Crippen LogP contribution in [0, 0.1) is 0 Å². The molecule has 14 heavy (non-hydrogen) atoms. The second kappa shape index (κ2) is 7.94. The van der Waals surface area contributed by atoms with Gasteiger partial charge in [0, 0.05) is 31.1 Å². The minimum Gasteiger partial charge on any atom is -1.00 e. The molecule has 80 valence electrons. The third-order valence-electron chi connectivity index (χ3n) is 2.09. The van der Waals surface area contributed by atoms with Gasteiger partial charge in [-0.3, -0.25) is 0 Å². The topological polar surface area (TPSA) is 24.1 Å². The van der Waals surface area contributed by atoms with E-state index in [0.717, 1.165) is 13.0 Å². The Bertz CT molecular complexity index is 253. The van der Waals surface area contributed by atoms with Crippen LogP contribution < -0.4 is 21.5 Å². The normalized spacial score (nSPS) is 9.57. The molecule has 1 aromatic heterocycles. The van der Waals surface area contributed by atoms with E-state index in [2.05, 4.69) is 30.0 Å². The van der Waals surface area contributed by atoms with Crippen molar-refractivity contribution < 1.29 is 26.7 Å². The fourth-order valence-electron chi connectivity index (χ4n) is 1.33. The van der Waals surface area contributed by atoms with Crippen LogP contribution in [0.5, 0.6) is 0 Å². The number of aryl methyl sites for hydroxylation is 1. The fraction of sp³-hybridized carbons (Fsp3) is 0.545. The van der Waals surface area contributed by atoms with Gasteiger partial charge < -0.3 is 22.1 Å². The average Bonchev–Trinajstić information content (AvgIpc) is 2.16. The van der Waals surface area contributed by atoms with Crippen molar-refractivity contribution in [3.63, 3.8) is 0 Å². The Morgan fingerprint density at radius 3 is 2.86 bits per heavy atom. The Morgan fingerprint density at radius 1 is 1.43 bits per heavy atom. The smallest absolute Gasteiger partial charge is 0.172 e. The van der Waals surface area contributed by atoms with Gasteiger partial charge in [0.15, 0.2) is 12.4 Å². The maximum absolute atomic E-state index is 8.78.